The second-order valence-corrected chi connectivity index (χ2v) is 6.60. The molecule has 0 saturated heterocycles. The van der Waals surface area contributed by atoms with Crippen LogP contribution < -0.4 is 11.3 Å². The standard InChI is InChI=1S/C19H22N2O4/c1-6-25-17(23)14-11(2)9-13-15(14)12(10-21(5)16(13)22)7-8-19(3,4)18(20)24/h10H,6,9H2,1-5H3,(H2,20,24). The van der Waals surface area contributed by atoms with E-state index < -0.39 is 17.3 Å². The second kappa shape index (κ2) is 6.60. The molecule has 1 aliphatic carbocycles. The number of hydrogen-bond acceptors (Lipinski definition) is 4. The molecule has 132 valence electrons. The van der Waals surface area contributed by atoms with E-state index >= 15 is 0 Å². The number of carbonyl (C=O) groups excluding carboxylic acids is 2. The molecule has 6 nitrogen and oxygen atoms in total. The predicted molar refractivity (Wildman–Crippen MR) is 94.5 cm³/mol. The van der Waals surface area contributed by atoms with E-state index in [4.69, 9.17) is 10.5 Å². The highest BCUT2D eigenvalue weighted by Gasteiger charge is 2.31. The Morgan fingerprint density at radius 1 is 1.40 bits per heavy atom. The highest BCUT2D eigenvalue weighted by molar-refractivity contribution is 6.19. The number of aryl methyl sites for hydroxylation is 1. The lowest BCUT2D eigenvalue weighted by Crippen LogP contribution is -2.30. The van der Waals surface area contributed by atoms with Crippen LogP contribution in [0, 0.1) is 17.3 Å². The number of nitrogens with zero attached hydrogens (tertiary/aromatic N) is 1. The smallest absolute Gasteiger partial charge is 0.338 e. The van der Waals surface area contributed by atoms with Gasteiger partial charge in [-0.2, -0.15) is 0 Å². The maximum Gasteiger partial charge on any atom is 0.338 e. The van der Waals surface area contributed by atoms with Gasteiger partial charge in [0.2, 0.25) is 5.91 Å². The van der Waals surface area contributed by atoms with E-state index in [0.717, 1.165) is 5.57 Å². The van der Waals surface area contributed by atoms with Gasteiger partial charge in [0.05, 0.1) is 12.2 Å². The lowest BCUT2D eigenvalue weighted by molar-refractivity contribution is -0.136. The summed E-state index contributed by atoms with van der Waals surface area (Å²) in [5.41, 5.74) is 6.85. The van der Waals surface area contributed by atoms with Crippen LogP contribution in [0.25, 0.3) is 5.57 Å². The third-order valence-electron chi connectivity index (χ3n) is 4.20. The van der Waals surface area contributed by atoms with Crippen LogP contribution >= 0.6 is 0 Å². The van der Waals surface area contributed by atoms with E-state index in [0.29, 0.717) is 28.7 Å². The molecule has 2 rings (SSSR count). The van der Waals surface area contributed by atoms with E-state index in [1.807, 2.05) is 0 Å². The monoisotopic (exact) mass is 342 g/mol. The molecule has 0 radical (unpaired) electrons. The van der Waals surface area contributed by atoms with Gasteiger partial charge in [-0.3, -0.25) is 9.59 Å². The summed E-state index contributed by atoms with van der Waals surface area (Å²) in [7, 11) is 1.63. The Morgan fingerprint density at radius 2 is 2.04 bits per heavy atom. The maximum absolute atomic E-state index is 12.5. The van der Waals surface area contributed by atoms with Crippen LogP contribution in [-0.2, 0) is 27.8 Å². The molecule has 0 aliphatic heterocycles. The summed E-state index contributed by atoms with van der Waals surface area (Å²) in [6.07, 6.45) is 1.95. The average Bonchev–Trinajstić information content (AvgIpc) is 2.87. The molecule has 0 spiro atoms. The Balaban J connectivity index is 2.70. The first-order valence-electron chi connectivity index (χ1n) is 8.03. The highest BCUT2D eigenvalue weighted by Crippen LogP contribution is 2.34. The van der Waals surface area contributed by atoms with E-state index in [9.17, 15) is 14.4 Å². The largest absolute Gasteiger partial charge is 0.462 e. The zero-order chi connectivity index (χ0) is 18.9. The number of rotatable bonds is 3. The number of ether oxygens (including phenoxy) is 1. The average molecular weight is 342 g/mol. The molecule has 1 aromatic rings. The van der Waals surface area contributed by atoms with Gasteiger partial charge in [-0.15, -0.1) is 0 Å². The number of pyridine rings is 1. The van der Waals surface area contributed by atoms with Crippen molar-refractivity contribution in [1.82, 2.24) is 4.57 Å². The van der Waals surface area contributed by atoms with Gasteiger partial charge in [-0.25, -0.2) is 4.79 Å². The molecule has 1 amide bonds. The number of amides is 1. The van der Waals surface area contributed by atoms with Crippen LogP contribution in [0.1, 0.15) is 44.4 Å². The number of allylic oxidation sites excluding steroid dienone is 1. The van der Waals surface area contributed by atoms with Gasteiger partial charge >= 0.3 is 5.97 Å². The quantitative estimate of drug-likeness (QED) is 0.659. The van der Waals surface area contributed by atoms with Crippen LogP contribution in [0.5, 0.6) is 0 Å². The van der Waals surface area contributed by atoms with Crippen LogP contribution in [0.2, 0.25) is 0 Å². The summed E-state index contributed by atoms with van der Waals surface area (Å²) in [4.78, 5) is 36.3. The van der Waals surface area contributed by atoms with Gasteiger partial charge < -0.3 is 15.0 Å². The molecule has 1 aliphatic rings. The number of hydrogen-bond donors (Lipinski definition) is 1. The molecule has 1 heterocycles. The topological polar surface area (TPSA) is 91.4 Å². The number of primary amides is 1. The Hall–Kier alpha value is -2.81. The molecule has 0 atom stereocenters. The fourth-order valence-corrected chi connectivity index (χ4v) is 2.68. The highest BCUT2D eigenvalue weighted by atomic mass is 16.5. The number of fused-ring (bicyclic) bond motifs is 1. The molecular formula is C19H22N2O4. The molecule has 1 aromatic heterocycles. The van der Waals surface area contributed by atoms with Gasteiger partial charge in [0.15, 0.2) is 0 Å². The van der Waals surface area contributed by atoms with Gasteiger partial charge in [-0.05, 0) is 27.7 Å². The predicted octanol–water partition coefficient (Wildman–Crippen LogP) is 1.14. The Labute approximate surface area is 146 Å². The van der Waals surface area contributed by atoms with Crippen LogP contribution in [0.3, 0.4) is 0 Å². The minimum absolute atomic E-state index is 0.173. The van der Waals surface area contributed by atoms with Crippen molar-refractivity contribution in [2.75, 3.05) is 6.61 Å². The van der Waals surface area contributed by atoms with Crippen molar-refractivity contribution in [3.63, 3.8) is 0 Å². The van der Waals surface area contributed by atoms with Gasteiger partial charge in [0.1, 0.15) is 5.41 Å². The van der Waals surface area contributed by atoms with Gasteiger partial charge in [0.25, 0.3) is 5.56 Å². The minimum atomic E-state index is -1.02. The third-order valence-corrected chi connectivity index (χ3v) is 4.20. The molecule has 0 unspecified atom stereocenters. The lowest BCUT2D eigenvalue weighted by atomic mass is 9.92. The van der Waals surface area contributed by atoms with Crippen LogP contribution in [-0.4, -0.2) is 23.1 Å². The zero-order valence-corrected chi connectivity index (χ0v) is 15.1. The number of carbonyl (C=O) groups is 2. The molecule has 0 saturated carbocycles. The van der Waals surface area contributed by atoms with E-state index in [2.05, 4.69) is 11.8 Å². The van der Waals surface area contributed by atoms with Crippen molar-refractivity contribution in [3.8, 4) is 11.8 Å². The van der Waals surface area contributed by atoms with Crippen LogP contribution in [0.15, 0.2) is 16.6 Å². The fourth-order valence-electron chi connectivity index (χ4n) is 2.68. The lowest BCUT2D eigenvalue weighted by Gasteiger charge is -2.13. The first kappa shape index (κ1) is 18.5. The Kier molecular flexibility index (Phi) is 4.89. The first-order chi connectivity index (χ1) is 11.6. The summed E-state index contributed by atoms with van der Waals surface area (Å²) in [5.74, 6) is 4.76. The molecule has 0 bridgehead atoms. The number of nitrogens with two attached hydrogens (primary N) is 1. The van der Waals surface area contributed by atoms with Crippen molar-refractivity contribution in [2.24, 2.45) is 18.2 Å². The molecular weight excluding hydrogens is 320 g/mol. The zero-order valence-electron chi connectivity index (χ0n) is 15.1. The summed E-state index contributed by atoms with van der Waals surface area (Å²) in [6.45, 7) is 7.02. The SMILES string of the molecule is CCOC(=O)C1=C(C)Cc2c1c(C#CC(C)(C)C(N)=O)cn(C)c2=O. The molecule has 0 aromatic carbocycles. The van der Waals surface area contributed by atoms with Crippen molar-refractivity contribution in [3.05, 3.63) is 38.8 Å². The Morgan fingerprint density at radius 3 is 2.60 bits per heavy atom. The van der Waals surface area contributed by atoms with Crippen molar-refractivity contribution >= 4 is 17.4 Å². The number of esters is 1. The molecule has 2 N–H and O–H groups in total. The first-order valence-corrected chi connectivity index (χ1v) is 8.03. The van der Waals surface area contributed by atoms with Crippen molar-refractivity contribution in [2.45, 2.75) is 34.1 Å². The summed E-state index contributed by atoms with van der Waals surface area (Å²) < 4.78 is 6.57. The van der Waals surface area contributed by atoms with Crippen LogP contribution in [0.4, 0.5) is 0 Å². The normalized spacial score (nSPS) is 13.2. The molecule has 0 fully saturated rings. The van der Waals surface area contributed by atoms with E-state index in [-0.39, 0.29) is 12.2 Å². The van der Waals surface area contributed by atoms with Gasteiger partial charge in [0, 0.05) is 36.4 Å². The molecule has 6 heteroatoms. The second-order valence-electron chi connectivity index (χ2n) is 6.60. The third kappa shape index (κ3) is 3.36. The Bertz CT molecular complexity index is 908. The van der Waals surface area contributed by atoms with E-state index in [1.165, 1.54) is 4.57 Å². The van der Waals surface area contributed by atoms with Crippen molar-refractivity contribution < 1.29 is 14.3 Å². The minimum Gasteiger partial charge on any atom is -0.462 e. The summed E-state index contributed by atoms with van der Waals surface area (Å²) >= 11 is 0. The summed E-state index contributed by atoms with van der Waals surface area (Å²) in [6, 6.07) is 0. The van der Waals surface area contributed by atoms with E-state index in [1.54, 1.807) is 40.9 Å². The fraction of sp³-hybridized carbons (Fsp3) is 0.421. The van der Waals surface area contributed by atoms with Gasteiger partial charge in [-0.1, -0.05) is 17.4 Å². The maximum atomic E-state index is 12.5. The number of aromatic nitrogens is 1. The summed E-state index contributed by atoms with van der Waals surface area (Å²) in [5, 5.41) is 0. The molecule has 25 heavy (non-hydrogen) atoms. The van der Waals surface area contributed by atoms with Crippen molar-refractivity contribution in [1.29, 1.82) is 0 Å².